The maximum Gasteiger partial charge on any atom is 0.244 e. The Bertz CT molecular complexity index is 576. The SMILES string of the molecule is Cc1cc(SCC(=O)NN)nc(-c2cccnc2)n1. The molecule has 2 aromatic heterocycles. The largest absolute Gasteiger partial charge is 0.294 e. The summed E-state index contributed by atoms with van der Waals surface area (Å²) in [6, 6.07) is 5.55. The van der Waals surface area contributed by atoms with Gasteiger partial charge >= 0.3 is 0 Å². The summed E-state index contributed by atoms with van der Waals surface area (Å²) in [5, 5.41) is 0.731. The van der Waals surface area contributed by atoms with E-state index in [-0.39, 0.29) is 11.7 Å². The van der Waals surface area contributed by atoms with Crippen LogP contribution >= 0.6 is 11.8 Å². The molecular weight excluding hydrogens is 262 g/mol. The van der Waals surface area contributed by atoms with Crippen LogP contribution in [0, 0.1) is 6.92 Å². The highest BCUT2D eigenvalue weighted by molar-refractivity contribution is 7.99. The standard InChI is InChI=1S/C12H13N5OS/c1-8-5-11(19-7-10(18)17-13)16-12(15-8)9-3-2-4-14-6-9/h2-6H,7,13H2,1H3,(H,17,18). The van der Waals surface area contributed by atoms with Crippen molar-refractivity contribution in [3.8, 4) is 11.4 Å². The molecule has 0 radical (unpaired) electrons. The van der Waals surface area contributed by atoms with E-state index in [4.69, 9.17) is 5.84 Å². The summed E-state index contributed by atoms with van der Waals surface area (Å²) in [4.78, 5) is 23.9. The van der Waals surface area contributed by atoms with Gasteiger partial charge in [0.25, 0.3) is 0 Å². The van der Waals surface area contributed by atoms with E-state index in [0.29, 0.717) is 5.82 Å². The summed E-state index contributed by atoms with van der Waals surface area (Å²) in [5.74, 6) is 5.61. The number of amides is 1. The number of hydrogen-bond donors (Lipinski definition) is 2. The van der Waals surface area contributed by atoms with Crippen LogP contribution in [0.25, 0.3) is 11.4 Å². The molecule has 0 spiro atoms. The number of rotatable bonds is 4. The molecule has 2 heterocycles. The Morgan fingerprint density at radius 3 is 3.00 bits per heavy atom. The first kappa shape index (κ1) is 13.4. The average molecular weight is 275 g/mol. The van der Waals surface area contributed by atoms with E-state index in [1.165, 1.54) is 11.8 Å². The van der Waals surface area contributed by atoms with Gasteiger partial charge in [-0.3, -0.25) is 15.2 Å². The Balaban J connectivity index is 2.22. The molecule has 3 N–H and O–H groups in total. The fourth-order valence-electron chi connectivity index (χ4n) is 1.42. The predicted molar refractivity (Wildman–Crippen MR) is 73.1 cm³/mol. The fourth-order valence-corrected chi connectivity index (χ4v) is 2.19. The second-order valence-corrected chi connectivity index (χ2v) is 4.76. The second kappa shape index (κ2) is 6.26. The highest BCUT2D eigenvalue weighted by Crippen LogP contribution is 2.20. The quantitative estimate of drug-likeness (QED) is 0.283. The molecule has 0 aromatic carbocycles. The van der Waals surface area contributed by atoms with Gasteiger partial charge in [-0.25, -0.2) is 15.8 Å². The lowest BCUT2D eigenvalue weighted by molar-refractivity contribution is -0.118. The van der Waals surface area contributed by atoms with Gasteiger partial charge in [0.2, 0.25) is 5.91 Å². The molecule has 0 aliphatic carbocycles. The maximum absolute atomic E-state index is 11.1. The minimum absolute atomic E-state index is 0.222. The van der Waals surface area contributed by atoms with Gasteiger partial charge in [-0.15, -0.1) is 0 Å². The predicted octanol–water partition coefficient (Wildman–Crippen LogP) is 0.929. The number of aryl methyl sites for hydroxylation is 1. The number of thioether (sulfide) groups is 1. The lowest BCUT2D eigenvalue weighted by Gasteiger charge is -2.05. The third-order valence-corrected chi connectivity index (χ3v) is 3.17. The zero-order valence-corrected chi connectivity index (χ0v) is 11.1. The van der Waals surface area contributed by atoms with Gasteiger partial charge < -0.3 is 0 Å². The van der Waals surface area contributed by atoms with Crippen LogP contribution < -0.4 is 11.3 Å². The van der Waals surface area contributed by atoms with E-state index in [1.807, 2.05) is 25.1 Å². The van der Waals surface area contributed by atoms with E-state index in [9.17, 15) is 4.79 Å². The number of hydrazine groups is 1. The molecule has 2 rings (SSSR count). The number of pyridine rings is 1. The molecular formula is C12H13N5OS. The Labute approximate surface area is 114 Å². The molecule has 0 atom stereocenters. The molecule has 0 bridgehead atoms. The van der Waals surface area contributed by atoms with Gasteiger partial charge in [-0.05, 0) is 25.1 Å². The van der Waals surface area contributed by atoms with Crippen LogP contribution in [0.15, 0.2) is 35.6 Å². The molecule has 0 aliphatic rings. The summed E-state index contributed by atoms with van der Waals surface area (Å²) in [6.45, 7) is 1.88. The Morgan fingerprint density at radius 1 is 1.47 bits per heavy atom. The van der Waals surface area contributed by atoms with Crippen LogP contribution in [0.4, 0.5) is 0 Å². The van der Waals surface area contributed by atoms with Gasteiger partial charge in [-0.1, -0.05) is 11.8 Å². The number of carbonyl (C=O) groups is 1. The smallest absolute Gasteiger partial charge is 0.244 e. The third kappa shape index (κ3) is 3.73. The number of nitrogens with zero attached hydrogens (tertiary/aromatic N) is 3. The van der Waals surface area contributed by atoms with Gasteiger partial charge in [-0.2, -0.15) is 0 Å². The van der Waals surface area contributed by atoms with Crippen LogP contribution in [0.2, 0.25) is 0 Å². The number of hydrogen-bond acceptors (Lipinski definition) is 6. The van der Waals surface area contributed by atoms with Crippen molar-refractivity contribution in [2.75, 3.05) is 5.75 Å². The lowest BCUT2D eigenvalue weighted by Crippen LogP contribution is -2.31. The van der Waals surface area contributed by atoms with Crippen LogP contribution in [-0.4, -0.2) is 26.6 Å². The summed E-state index contributed by atoms with van der Waals surface area (Å²) in [6.07, 6.45) is 3.40. The minimum atomic E-state index is -0.246. The van der Waals surface area contributed by atoms with Crippen LogP contribution in [0.1, 0.15) is 5.69 Å². The third-order valence-electron chi connectivity index (χ3n) is 2.26. The van der Waals surface area contributed by atoms with Gasteiger partial charge in [0, 0.05) is 23.7 Å². The van der Waals surface area contributed by atoms with E-state index in [1.54, 1.807) is 12.4 Å². The summed E-state index contributed by atoms with van der Waals surface area (Å²) < 4.78 is 0. The zero-order chi connectivity index (χ0) is 13.7. The number of nitrogens with two attached hydrogens (primary N) is 1. The Morgan fingerprint density at radius 2 is 2.32 bits per heavy atom. The Kier molecular flexibility index (Phi) is 4.43. The first-order chi connectivity index (χ1) is 9.19. The van der Waals surface area contributed by atoms with Crippen LogP contribution in [-0.2, 0) is 4.79 Å². The van der Waals surface area contributed by atoms with Crippen molar-refractivity contribution in [2.45, 2.75) is 11.9 Å². The maximum atomic E-state index is 11.1. The fraction of sp³-hybridized carbons (Fsp3) is 0.167. The summed E-state index contributed by atoms with van der Waals surface area (Å²) in [7, 11) is 0. The summed E-state index contributed by atoms with van der Waals surface area (Å²) in [5.41, 5.74) is 3.76. The normalized spacial score (nSPS) is 10.2. The molecule has 1 amide bonds. The molecule has 2 aromatic rings. The molecule has 0 saturated carbocycles. The van der Waals surface area contributed by atoms with Crippen LogP contribution in [0.5, 0.6) is 0 Å². The molecule has 6 nitrogen and oxygen atoms in total. The first-order valence-electron chi connectivity index (χ1n) is 5.57. The van der Waals surface area contributed by atoms with E-state index in [2.05, 4.69) is 20.4 Å². The molecule has 0 fully saturated rings. The molecule has 7 heteroatoms. The highest BCUT2D eigenvalue weighted by atomic mass is 32.2. The number of carbonyl (C=O) groups excluding carboxylic acids is 1. The topological polar surface area (TPSA) is 93.8 Å². The average Bonchev–Trinajstić information content (AvgIpc) is 2.45. The van der Waals surface area contributed by atoms with E-state index in [0.717, 1.165) is 16.3 Å². The van der Waals surface area contributed by atoms with Crippen molar-refractivity contribution in [1.29, 1.82) is 0 Å². The highest BCUT2D eigenvalue weighted by Gasteiger charge is 2.07. The molecule has 19 heavy (non-hydrogen) atoms. The van der Waals surface area contributed by atoms with Crippen molar-refractivity contribution in [3.63, 3.8) is 0 Å². The molecule has 0 unspecified atom stereocenters. The second-order valence-electron chi connectivity index (χ2n) is 3.77. The van der Waals surface area contributed by atoms with Crippen molar-refractivity contribution >= 4 is 17.7 Å². The van der Waals surface area contributed by atoms with Crippen molar-refractivity contribution in [3.05, 3.63) is 36.3 Å². The molecule has 0 saturated heterocycles. The van der Waals surface area contributed by atoms with E-state index < -0.39 is 0 Å². The van der Waals surface area contributed by atoms with Gasteiger partial charge in [0.1, 0.15) is 5.03 Å². The van der Waals surface area contributed by atoms with Crippen molar-refractivity contribution in [1.82, 2.24) is 20.4 Å². The number of aromatic nitrogens is 3. The molecule has 0 aliphatic heterocycles. The summed E-state index contributed by atoms with van der Waals surface area (Å²) >= 11 is 1.31. The Hall–Kier alpha value is -1.99. The zero-order valence-electron chi connectivity index (χ0n) is 10.3. The monoisotopic (exact) mass is 275 g/mol. The van der Waals surface area contributed by atoms with Crippen molar-refractivity contribution < 1.29 is 4.79 Å². The lowest BCUT2D eigenvalue weighted by atomic mass is 10.2. The first-order valence-corrected chi connectivity index (χ1v) is 6.56. The van der Waals surface area contributed by atoms with E-state index >= 15 is 0 Å². The molecule has 98 valence electrons. The van der Waals surface area contributed by atoms with Crippen molar-refractivity contribution in [2.24, 2.45) is 5.84 Å². The minimum Gasteiger partial charge on any atom is -0.294 e. The van der Waals surface area contributed by atoms with Gasteiger partial charge in [0.15, 0.2) is 5.82 Å². The van der Waals surface area contributed by atoms with Gasteiger partial charge in [0.05, 0.1) is 5.75 Å². The number of nitrogens with one attached hydrogen (secondary N) is 1. The van der Waals surface area contributed by atoms with Crippen LogP contribution in [0.3, 0.4) is 0 Å².